The minimum Gasteiger partial charge on any atom is -0.384 e. The average molecular weight is 228 g/mol. The number of likely N-dealkylation sites (tertiary alicyclic amines) is 1. The molecule has 1 aliphatic heterocycles. The highest BCUT2D eigenvalue weighted by Gasteiger charge is 2.21. The Morgan fingerprint density at radius 2 is 2.31 bits per heavy atom. The molecule has 3 heteroatoms. The van der Waals surface area contributed by atoms with Crippen molar-refractivity contribution in [3.05, 3.63) is 0 Å². The van der Waals surface area contributed by atoms with Crippen LogP contribution in [0.25, 0.3) is 0 Å². The fourth-order valence-corrected chi connectivity index (χ4v) is 2.75. The van der Waals surface area contributed by atoms with Crippen LogP contribution in [0.1, 0.15) is 32.6 Å². The van der Waals surface area contributed by atoms with Crippen molar-refractivity contribution in [3.8, 4) is 0 Å². The summed E-state index contributed by atoms with van der Waals surface area (Å²) in [5.74, 6) is 1.42. The van der Waals surface area contributed by atoms with Gasteiger partial charge in [0.15, 0.2) is 0 Å². The molecule has 0 aromatic rings. The molecule has 0 amide bonds. The fourth-order valence-electron chi connectivity index (χ4n) is 2.75. The molecule has 1 fully saturated rings. The molecule has 0 aromatic carbocycles. The van der Waals surface area contributed by atoms with E-state index in [4.69, 9.17) is 10.5 Å². The number of piperidine rings is 1. The summed E-state index contributed by atoms with van der Waals surface area (Å²) >= 11 is 0. The molecule has 0 bridgehead atoms. The predicted molar refractivity (Wildman–Crippen MR) is 68.5 cm³/mol. The highest BCUT2D eigenvalue weighted by molar-refractivity contribution is 4.75. The number of nitrogens with zero attached hydrogens (tertiary/aromatic N) is 1. The van der Waals surface area contributed by atoms with Gasteiger partial charge in [-0.3, -0.25) is 0 Å². The Morgan fingerprint density at radius 1 is 1.50 bits per heavy atom. The molecule has 2 N–H and O–H groups in total. The summed E-state index contributed by atoms with van der Waals surface area (Å²) in [5, 5.41) is 0. The number of hydrogen-bond donors (Lipinski definition) is 1. The van der Waals surface area contributed by atoms with Gasteiger partial charge in [-0.1, -0.05) is 13.3 Å². The molecule has 0 aromatic heterocycles. The Hall–Kier alpha value is -0.120. The zero-order valence-corrected chi connectivity index (χ0v) is 11.0. The van der Waals surface area contributed by atoms with Crippen LogP contribution < -0.4 is 5.73 Å². The molecule has 96 valence electrons. The lowest BCUT2D eigenvalue weighted by molar-refractivity contribution is 0.0823. The number of rotatable bonds is 7. The van der Waals surface area contributed by atoms with Crippen LogP contribution in [-0.2, 0) is 4.74 Å². The van der Waals surface area contributed by atoms with Crippen LogP contribution in [0.2, 0.25) is 0 Å². The Morgan fingerprint density at radius 3 is 2.94 bits per heavy atom. The average Bonchev–Trinajstić information content (AvgIpc) is 2.29. The molecule has 1 rings (SSSR count). The molecular weight excluding hydrogens is 200 g/mol. The Bertz CT molecular complexity index is 173. The van der Waals surface area contributed by atoms with E-state index in [0.29, 0.717) is 5.92 Å². The van der Waals surface area contributed by atoms with Gasteiger partial charge in [-0.15, -0.1) is 0 Å². The van der Waals surface area contributed by atoms with E-state index in [1.54, 1.807) is 7.11 Å². The topological polar surface area (TPSA) is 38.5 Å². The second-order valence-corrected chi connectivity index (χ2v) is 5.11. The molecule has 0 aliphatic carbocycles. The summed E-state index contributed by atoms with van der Waals surface area (Å²) in [4.78, 5) is 2.58. The summed E-state index contributed by atoms with van der Waals surface area (Å²) in [7, 11) is 1.80. The first-order valence-corrected chi connectivity index (χ1v) is 6.71. The molecule has 0 radical (unpaired) electrons. The summed E-state index contributed by atoms with van der Waals surface area (Å²) < 4.78 is 5.26. The summed E-state index contributed by atoms with van der Waals surface area (Å²) in [5.41, 5.74) is 5.82. The molecule has 1 saturated heterocycles. The molecule has 2 atom stereocenters. The SMILES string of the molecule is CCCC(CN)CN1CCCC(COC)C1. The maximum atomic E-state index is 5.82. The van der Waals surface area contributed by atoms with E-state index in [1.807, 2.05) is 0 Å². The lowest BCUT2D eigenvalue weighted by atomic mass is 9.96. The fraction of sp³-hybridized carbons (Fsp3) is 1.00. The van der Waals surface area contributed by atoms with Crippen molar-refractivity contribution in [1.82, 2.24) is 4.90 Å². The van der Waals surface area contributed by atoms with Crippen molar-refractivity contribution in [2.75, 3.05) is 39.9 Å². The van der Waals surface area contributed by atoms with Crippen molar-refractivity contribution in [1.29, 1.82) is 0 Å². The van der Waals surface area contributed by atoms with E-state index in [2.05, 4.69) is 11.8 Å². The minimum atomic E-state index is 0.686. The molecule has 0 spiro atoms. The molecular formula is C13H28N2O. The number of hydrogen-bond acceptors (Lipinski definition) is 3. The van der Waals surface area contributed by atoms with Gasteiger partial charge in [-0.05, 0) is 44.2 Å². The largest absolute Gasteiger partial charge is 0.384 e. The lowest BCUT2D eigenvalue weighted by Gasteiger charge is -2.34. The highest BCUT2D eigenvalue weighted by atomic mass is 16.5. The molecule has 3 nitrogen and oxygen atoms in total. The van der Waals surface area contributed by atoms with E-state index < -0.39 is 0 Å². The van der Waals surface area contributed by atoms with Gasteiger partial charge in [-0.2, -0.15) is 0 Å². The second kappa shape index (κ2) is 8.04. The van der Waals surface area contributed by atoms with Crippen LogP contribution in [0.4, 0.5) is 0 Å². The highest BCUT2D eigenvalue weighted by Crippen LogP contribution is 2.18. The Labute approximate surface area is 100 Å². The maximum absolute atomic E-state index is 5.82. The molecule has 2 unspecified atom stereocenters. The second-order valence-electron chi connectivity index (χ2n) is 5.11. The van der Waals surface area contributed by atoms with Crippen molar-refractivity contribution >= 4 is 0 Å². The first kappa shape index (κ1) is 13.9. The van der Waals surface area contributed by atoms with Crippen LogP contribution in [-0.4, -0.2) is 44.8 Å². The molecule has 0 saturated carbocycles. The van der Waals surface area contributed by atoms with Crippen molar-refractivity contribution in [2.45, 2.75) is 32.6 Å². The third-order valence-electron chi connectivity index (χ3n) is 3.55. The first-order chi connectivity index (χ1) is 7.80. The summed E-state index contributed by atoms with van der Waals surface area (Å²) in [6, 6.07) is 0. The predicted octanol–water partition coefficient (Wildman–Crippen LogP) is 1.72. The van der Waals surface area contributed by atoms with Crippen LogP contribution in [0.15, 0.2) is 0 Å². The zero-order valence-electron chi connectivity index (χ0n) is 11.0. The standard InChI is InChI=1S/C13H28N2O/c1-3-5-12(8-14)9-15-7-4-6-13(10-15)11-16-2/h12-13H,3-11,14H2,1-2H3. The van der Waals surface area contributed by atoms with Gasteiger partial charge in [0.05, 0.1) is 6.61 Å². The van der Waals surface area contributed by atoms with Crippen molar-refractivity contribution < 1.29 is 4.74 Å². The van der Waals surface area contributed by atoms with E-state index in [-0.39, 0.29) is 0 Å². The third-order valence-corrected chi connectivity index (χ3v) is 3.55. The van der Waals surface area contributed by atoms with Crippen molar-refractivity contribution in [2.24, 2.45) is 17.6 Å². The van der Waals surface area contributed by atoms with Crippen LogP contribution >= 0.6 is 0 Å². The molecule has 1 heterocycles. The third kappa shape index (κ3) is 4.81. The van der Waals surface area contributed by atoms with Gasteiger partial charge in [0.2, 0.25) is 0 Å². The first-order valence-electron chi connectivity index (χ1n) is 6.71. The van der Waals surface area contributed by atoms with Gasteiger partial charge >= 0.3 is 0 Å². The zero-order chi connectivity index (χ0) is 11.8. The lowest BCUT2D eigenvalue weighted by Crippen LogP contribution is -2.41. The number of ether oxygens (including phenoxy) is 1. The van der Waals surface area contributed by atoms with E-state index in [0.717, 1.165) is 19.1 Å². The smallest absolute Gasteiger partial charge is 0.0502 e. The summed E-state index contributed by atoms with van der Waals surface area (Å²) in [6.07, 6.45) is 5.15. The van der Waals surface area contributed by atoms with Gasteiger partial charge < -0.3 is 15.4 Å². The number of nitrogens with two attached hydrogens (primary N) is 1. The van der Waals surface area contributed by atoms with E-state index in [1.165, 1.54) is 45.3 Å². The van der Waals surface area contributed by atoms with Gasteiger partial charge in [0.25, 0.3) is 0 Å². The Kier molecular flexibility index (Phi) is 7.01. The quantitative estimate of drug-likeness (QED) is 0.721. The normalized spacial score (nSPS) is 24.6. The van der Waals surface area contributed by atoms with E-state index in [9.17, 15) is 0 Å². The molecule has 16 heavy (non-hydrogen) atoms. The van der Waals surface area contributed by atoms with Crippen molar-refractivity contribution in [3.63, 3.8) is 0 Å². The summed E-state index contributed by atoms with van der Waals surface area (Å²) in [6.45, 7) is 7.63. The van der Waals surface area contributed by atoms with Gasteiger partial charge in [-0.25, -0.2) is 0 Å². The van der Waals surface area contributed by atoms with E-state index >= 15 is 0 Å². The van der Waals surface area contributed by atoms with Gasteiger partial charge in [0.1, 0.15) is 0 Å². The number of methoxy groups -OCH3 is 1. The van der Waals surface area contributed by atoms with Crippen LogP contribution in [0.5, 0.6) is 0 Å². The Balaban J connectivity index is 2.29. The van der Waals surface area contributed by atoms with Crippen LogP contribution in [0, 0.1) is 11.8 Å². The minimum absolute atomic E-state index is 0.686. The van der Waals surface area contributed by atoms with Crippen LogP contribution in [0.3, 0.4) is 0 Å². The van der Waals surface area contributed by atoms with Gasteiger partial charge in [0, 0.05) is 20.2 Å². The molecule has 1 aliphatic rings. The maximum Gasteiger partial charge on any atom is 0.0502 e. The monoisotopic (exact) mass is 228 g/mol.